The van der Waals surface area contributed by atoms with Gasteiger partial charge in [0, 0.05) is 18.8 Å². The second kappa shape index (κ2) is 10.3. The molecule has 0 radical (unpaired) electrons. The number of para-hydroxylation sites is 2. The smallest absolute Gasteiger partial charge is 0.233 e. The Kier molecular flexibility index (Phi) is 6.83. The molecule has 0 spiro atoms. The van der Waals surface area contributed by atoms with Crippen LogP contribution in [0.2, 0.25) is 5.02 Å². The van der Waals surface area contributed by atoms with Gasteiger partial charge in [0.25, 0.3) is 0 Å². The second-order valence-electron chi connectivity index (χ2n) is 7.91. The van der Waals surface area contributed by atoms with Crippen molar-refractivity contribution in [2.75, 3.05) is 12.3 Å². The van der Waals surface area contributed by atoms with Crippen molar-refractivity contribution < 1.29 is 9.53 Å². The van der Waals surface area contributed by atoms with E-state index in [1.165, 1.54) is 22.9 Å². The number of halogens is 1. The van der Waals surface area contributed by atoms with Crippen LogP contribution in [0.5, 0.6) is 5.75 Å². The summed E-state index contributed by atoms with van der Waals surface area (Å²) in [5.41, 5.74) is 3.46. The molecule has 0 atom stereocenters. The maximum atomic E-state index is 13.0. The van der Waals surface area contributed by atoms with Gasteiger partial charge in [0.1, 0.15) is 12.4 Å². The highest BCUT2D eigenvalue weighted by molar-refractivity contribution is 7.99. The zero-order chi connectivity index (χ0) is 23.3. The van der Waals surface area contributed by atoms with E-state index in [4.69, 9.17) is 16.3 Å². The Labute approximate surface area is 207 Å². The first-order valence-electron chi connectivity index (χ1n) is 11.0. The van der Waals surface area contributed by atoms with Crippen molar-refractivity contribution in [2.24, 2.45) is 0 Å². The van der Waals surface area contributed by atoms with Crippen LogP contribution in [0.15, 0.2) is 84.0 Å². The van der Waals surface area contributed by atoms with Gasteiger partial charge in [-0.15, -0.1) is 10.2 Å². The number of fused-ring (bicyclic) bond motifs is 1. The van der Waals surface area contributed by atoms with Crippen LogP contribution in [0.3, 0.4) is 0 Å². The Balaban J connectivity index is 1.31. The minimum absolute atomic E-state index is 0.0935. The summed E-state index contributed by atoms with van der Waals surface area (Å²) in [4.78, 5) is 14.9. The molecule has 0 saturated carbocycles. The van der Waals surface area contributed by atoms with Crippen LogP contribution in [-0.4, -0.2) is 37.9 Å². The lowest BCUT2D eigenvalue weighted by atomic mass is 10.00. The Morgan fingerprint density at radius 3 is 2.50 bits per heavy atom. The number of hydrogen-bond acceptors (Lipinski definition) is 5. The van der Waals surface area contributed by atoms with Crippen molar-refractivity contribution in [3.05, 3.63) is 101 Å². The van der Waals surface area contributed by atoms with Gasteiger partial charge in [0.15, 0.2) is 11.0 Å². The van der Waals surface area contributed by atoms with Crippen molar-refractivity contribution in [3.8, 4) is 11.4 Å². The van der Waals surface area contributed by atoms with Gasteiger partial charge in [-0.25, -0.2) is 0 Å². The predicted octanol–water partition coefficient (Wildman–Crippen LogP) is 5.18. The van der Waals surface area contributed by atoms with Gasteiger partial charge in [0.05, 0.1) is 10.8 Å². The molecule has 3 aromatic carbocycles. The van der Waals surface area contributed by atoms with E-state index in [0.29, 0.717) is 34.1 Å². The molecule has 8 heteroatoms. The third kappa shape index (κ3) is 4.95. The molecule has 1 amide bonds. The molecule has 5 rings (SSSR count). The standard InChI is InChI=1S/C26H23ClN4O2S/c27-22-12-6-7-13-23(22)33-17-24-28-29-26(31(24)21-10-2-1-3-11-21)34-18-25(32)30-15-14-19-8-4-5-9-20(19)16-30/h1-13H,14-18H2. The van der Waals surface area contributed by atoms with Crippen LogP contribution in [0.25, 0.3) is 5.69 Å². The van der Waals surface area contributed by atoms with Gasteiger partial charge in [0.2, 0.25) is 5.91 Å². The molecule has 0 unspecified atom stereocenters. The minimum atomic E-state index is 0.0935. The van der Waals surface area contributed by atoms with E-state index in [2.05, 4.69) is 28.4 Å². The highest BCUT2D eigenvalue weighted by Crippen LogP contribution is 2.27. The molecule has 0 N–H and O–H groups in total. The number of amides is 1. The van der Waals surface area contributed by atoms with E-state index in [-0.39, 0.29) is 12.5 Å². The van der Waals surface area contributed by atoms with E-state index < -0.39 is 0 Å². The lowest BCUT2D eigenvalue weighted by Crippen LogP contribution is -2.37. The third-order valence-electron chi connectivity index (χ3n) is 5.72. The molecule has 0 aliphatic carbocycles. The quantitative estimate of drug-likeness (QED) is 0.334. The van der Waals surface area contributed by atoms with E-state index >= 15 is 0 Å². The number of ether oxygens (including phenoxy) is 1. The molecule has 4 aromatic rings. The van der Waals surface area contributed by atoms with Crippen LogP contribution in [0.4, 0.5) is 0 Å². The first-order chi connectivity index (χ1) is 16.7. The second-order valence-corrected chi connectivity index (χ2v) is 9.26. The summed E-state index contributed by atoms with van der Waals surface area (Å²) < 4.78 is 7.84. The topological polar surface area (TPSA) is 60.2 Å². The Bertz CT molecular complexity index is 1290. The summed E-state index contributed by atoms with van der Waals surface area (Å²) in [5.74, 6) is 1.60. The zero-order valence-corrected chi connectivity index (χ0v) is 20.0. The van der Waals surface area contributed by atoms with Gasteiger partial charge in [-0.05, 0) is 41.8 Å². The molecule has 0 saturated heterocycles. The first-order valence-corrected chi connectivity index (χ1v) is 12.4. The van der Waals surface area contributed by atoms with Gasteiger partial charge in [-0.1, -0.05) is 78.0 Å². The highest BCUT2D eigenvalue weighted by Gasteiger charge is 2.22. The fourth-order valence-electron chi connectivity index (χ4n) is 3.95. The van der Waals surface area contributed by atoms with Gasteiger partial charge in [-0.3, -0.25) is 9.36 Å². The van der Waals surface area contributed by atoms with Crippen molar-refractivity contribution in [3.63, 3.8) is 0 Å². The minimum Gasteiger partial charge on any atom is -0.484 e. The SMILES string of the molecule is O=C(CSc1nnc(COc2ccccc2Cl)n1-c1ccccc1)N1CCc2ccccc2C1. The van der Waals surface area contributed by atoms with Crippen LogP contribution < -0.4 is 4.74 Å². The maximum Gasteiger partial charge on any atom is 0.233 e. The molecular formula is C26H23ClN4O2S. The summed E-state index contributed by atoms with van der Waals surface area (Å²) in [6.45, 7) is 1.58. The summed E-state index contributed by atoms with van der Waals surface area (Å²) in [6.07, 6.45) is 0.885. The number of rotatable bonds is 7. The number of carbonyl (C=O) groups is 1. The lowest BCUT2D eigenvalue weighted by Gasteiger charge is -2.28. The molecule has 2 heterocycles. The third-order valence-corrected chi connectivity index (χ3v) is 6.94. The monoisotopic (exact) mass is 490 g/mol. The Hall–Kier alpha value is -3.29. The number of thioether (sulfide) groups is 1. The number of carbonyl (C=O) groups excluding carboxylic acids is 1. The largest absolute Gasteiger partial charge is 0.484 e. The first kappa shape index (κ1) is 22.5. The van der Waals surface area contributed by atoms with Crippen molar-refractivity contribution in [2.45, 2.75) is 24.7 Å². The molecule has 1 aliphatic heterocycles. The highest BCUT2D eigenvalue weighted by atomic mass is 35.5. The number of benzene rings is 3. The average molecular weight is 491 g/mol. The fourth-order valence-corrected chi connectivity index (χ4v) is 5.02. The molecule has 1 aliphatic rings. The zero-order valence-electron chi connectivity index (χ0n) is 18.4. The predicted molar refractivity (Wildman–Crippen MR) is 133 cm³/mol. The maximum absolute atomic E-state index is 13.0. The molecule has 6 nitrogen and oxygen atoms in total. The van der Waals surface area contributed by atoms with Crippen LogP contribution in [0, 0.1) is 0 Å². The van der Waals surface area contributed by atoms with E-state index in [1.54, 1.807) is 6.07 Å². The summed E-state index contributed by atoms with van der Waals surface area (Å²) >= 11 is 7.62. The number of hydrogen-bond donors (Lipinski definition) is 0. The van der Waals surface area contributed by atoms with Gasteiger partial charge >= 0.3 is 0 Å². The molecule has 0 bridgehead atoms. The molecule has 34 heavy (non-hydrogen) atoms. The van der Waals surface area contributed by atoms with Gasteiger partial charge < -0.3 is 9.64 Å². The van der Waals surface area contributed by atoms with Crippen LogP contribution in [0.1, 0.15) is 17.0 Å². The van der Waals surface area contributed by atoms with Crippen molar-refractivity contribution in [1.29, 1.82) is 0 Å². The van der Waals surface area contributed by atoms with E-state index in [0.717, 1.165) is 18.7 Å². The molecular weight excluding hydrogens is 468 g/mol. The van der Waals surface area contributed by atoms with Crippen molar-refractivity contribution >= 4 is 29.3 Å². The summed E-state index contributed by atoms with van der Waals surface area (Å²) in [6, 6.07) is 25.5. The molecule has 0 fully saturated rings. The lowest BCUT2D eigenvalue weighted by molar-refractivity contribution is -0.129. The molecule has 172 valence electrons. The number of aromatic nitrogens is 3. The van der Waals surface area contributed by atoms with E-state index in [1.807, 2.05) is 64.1 Å². The fraction of sp³-hybridized carbons (Fsp3) is 0.192. The normalized spacial score (nSPS) is 12.9. The van der Waals surface area contributed by atoms with Crippen molar-refractivity contribution in [1.82, 2.24) is 19.7 Å². The average Bonchev–Trinajstić information content (AvgIpc) is 3.29. The number of nitrogens with zero attached hydrogens (tertiary/aromatic N) is 4. The molecule has 1 aromatic heterocycles. The van der Waals surface area contributed by atoms with Crippen LogP contribution in [-0.2, 0) is 24.4 Å². The Morgan fingerprint density at radius 1 is 0.941 bits per heavy atom. The Morgan fingerprint density at radius 2 is 1.68 bits per heavy atom. The van der Waals surface area contributed by atoms with Gasteiger partial charge in [-0.2, -0.15) is 0 Å². The summed E-state index contributed by atoms with van der Waals surface area (Å²) in [5, 5.41) is 9.92. The van der Waals surface area contributed by atoms with E-state index in [9.17, 15) is 4.79 Å². The summed E-state index contributed by atoms with van der Waals surface area (Å²) in [7, 11) is 0. The van der Waals surface area contributed by atoms with Crippen LogP contribution >= 0.6 is 23.4 Å².